The summed E-state index contributed by atoms with van der Waals surface area (Å²) in [7, 11) is 0. The highest BCUT2D eigenvalue weighted by Gasteiger charge is 2.18. The van der Waals surface area contributed by atoms with Crippen molar-refractivity contribution in [1.82, 2.24) is 9.97 Å². The van der Waals surface area contributed by atoms with Crippen molar-refractivity contribution in [2.45, 2.75) is 30.7 Å². The highest BCUT2D eigenvalue weighted by molar-refractivity contribution is 8.00. The van der Waals surface area contributed by atoms with Crippen molar-refractivity contribution in [2.24, 2.45) is 0 Å². The van der Waals surface area contributed by atoms with Crippen molar-refractivity contribution in [3.63, 3.8) is 0 Å². The minimum Gasteiger partial charge on any atom is -0.325 e. The Balaban J connectivity index is 2.12. The normalized spacial score (nSPS) is 11.5. The van der Waals surface area contributed by atoms with Gasteiger partial charge in [-0.1, -0.05) is 36.9 Å². The van der Waals surface area contributed by atoms with Gasteiger partial charge in [0.05, 0.1) is 10.9 Å². The van der Waals surface area contributed by atoms with Gasteiger partial charge >= 0.3 is 0 Å². The first-order valence-electron chi connectivity index (χ1n) is 7.11. The molecular formula is C16H16N4O2S. The van der Waals surface area contributed by atoms with Gasteiger partial charge in [-0.3, -0.25) is 9.59 Å². The maximum absolute atomic E-state index is 12.2. The van der Waals surface area contributed by atoms with E-state index in [4.69, 9.17) is 5.26 Å². The fourth-order valence-corrected chi connectivity index (χ4v) is 2.73. The zero-order chi connectivity index (χ0) is 16.8. The van der Waals surface area contributed by atoms with E-state index < -0.39 is 10.8 Å². The van der Waals surface area contributed by atoms with Gasteiger partial charge in [-0.05, 0) is 25.5 Å². The van der Waals surface area contributed by atoms with Crippen molar-refractivity contribution >= 4 is 23.4 Å². The Labute approximate surface area is 138 Å². The van der Waals surface area contributed by atoms with E-state index in [1.807, 2.05) is 31.2 Å². The van der Waals surface area contributed by atoms with Gasteiger partial charge in [0.15, 0.2) is 5.16 Å². The highest BCUT2D eigenvalue weighted by atomic mass is 32.2. The minimum absolute atomic E-state index is 0.0261. The summed E-state index contributed by atoms with van der Waals surface area (Å²) >= 11 is 1.15. The topological polar surface area (TPSA) is 98.6 Å². The summed E-state index contributed by atoms with van der Waals surface area (Å²) in [6.07, 6.45) is 0.477. The molecule has 1 amide bonds. The number of nitrogens with zero attached hydrogens (tertiary/aromatic N) is 2. The molecule has 2 aromatic rings. The Morgan fingerprint density at radius 3 is 2.74 bits per heavy atom. The van der Waals surface area contributed by atoms with E-state index in [1.165, 1.54) is 0 Å². The number of aryl methyl sites for hydroxylation is 1. The van der Waals surface area contributed by atoms with Gasteiger partial charge in [0.25, 0.3) is 5.56 Å². The van der Waals surface area contributed by atoms with Gasteiger partial charge in [0, 0.05) is 5.69 Å². The summed E-state index contributed by atoms with van der Waals surface area (Å²) in [5, 5.41) is 11.7. The third-order valence-electron chi connectivity index (χ3n) is 3.12. The molecule has 0 saturated heterocycles. The van der Waals surface area contributed by atoms with Gasteiger partial charge in [-0.2, -0.15) is 5.26 Å². The lowest BCUT2D eigenvalue weighted by Gasteiger charge is -2.12. The summed E-state index contributed by atoms with van der Waals surface area (Å²) in [5.41, 5.74) is 0.700. The number of rotatable bonds is 5. The average Bonchev–Trinajstić information content (AvgIpc) is 2.55. The monoisotopic (exact) mass is 328 g/mol. The van der Waals surface area contributed by atoms with Gasteiger partial charge < -0.3 is 10.3 Å². The predicted octanol–water partition coefficient (Wildman–Crippen LogP) is 2.32. The van der Waals surface area contributed by atoms with Gasteiger partial charge in [-0.25, -0.2) is 4.98 Å². The molecule has 0 aliphatic heterocycles. The van der Waals surface area contributed by atoms with Gasteiger partial charge in [0.2, 0.25) is 5.91 Å². The van der Waals surface area contributed by atoms with Crippen LogP contribution < -0.4 is 10.9 Å². The molecule has 0 saturated carbocycles. The lowest BCUT2D eigenvalue weighted by molar-refractivity contribution is -0.115. The molecule has 1 aromatic carbocycles. The second-order valence-electron chi connectivity index (χ2n) is 4.77. The minimum atomic E-state index is -0.475. The van der Waals surface area contributed by atoms with Crippen molar-refractivity contribution in [1.29, 1.82) is 5.26 Å². The molecule has 2 rings (SSSR count). The van der Waals surface area contributed by atoms with Gasteiger partial charge in [-0.15, -0.1) is 0 Å². The molecule has 1 heterocycles. The Morgan fingerprint density at radius 1 is 1.43 bits per heavy atom. The highest BCUT2D eigenvalue weighted by Crippen LogP contribution is 2.20. The lowest BCUT2D eigenvalue weighted by atomic mass is 10.2. The van der Waals surface area contributed by atoms with Crippen LogP contribution in [0.4, 0.5) is 5.69 Å². The van der Waals surface area contributed by atoms with Crippen LogP contribution in [0.2, 0.25) is 0 Å². The van der Waals surface area contributed by atoms with E-state index in [2.05, 4.69) is 15.3 Å². The molecule has 1 aromatic heterocycles. The maximum Gasteiger partial charge on any atom is 0.269 e. The number of benzene rings is 1. The van der Waals surface area contributed by atoms with Crippen LogP contribution in [0.5, 0.6) is 0 Å². The zero-order valence-electron chi connectivity index (χ0n) is 12.8. The second-order valence-corrected chi connectivity index (χ2v) is 6.10. The number of carbonyl (C=O) groups is 1. The van der Waals surface area contributed by atoms with Crippen LogP contribution in [-0.2, 0) is 11.2 Å². The first kappa shape index (κ1) is 16.8. The largest absolute Gasteiger partial charge is 0.325 e. The van der Waals surface area contributed by atoms with Gasteiger partial charge in [0.1, 0.15) is 11.6 Å². The number of anilines is 1. The van der Waals surface area contributed by atoms with Crippen molar-refractivity contribution in [3.8, 4) is 6.07 Å². The first-order valence-corrected chi connectivity index (χ1v) is 7.99. The molecule has 0 bridgehead atoms. The summed E-state index contributed by atoms with van der Waals surface area (Å²) in [5.74, 6) is -0.189. The van der Waals surface area contributed by atoms with E-state index in [0.29, 0.717) is 23.0 Å². The Kier molecular flexibility index (Phi) is 5.55. The fourth-order valence-electron chi connectivity index (χ4n) is 1.91. The molecule has 0 aliphatic rings. The van der Waals surface area contributed by atoms with Crippen LogP contribution in [0.25, 0.3) is 0 Å². The number of H-pyrrole nitrogens is 1. The molecule has 0 aliphatic carbocycles. The van der Waals surface area contributed by atoms with E-state index in [1.54, 1.807) is 19.1 Å². The first-order chi connectivity index (χ1) is 11.0. The number of hydrogen-bond acceptors (Lipinski definition) is 5. The molecule has 0 radical (unpaired) electrons. The zero-order valence-corrected chi connectivity index (χ0v) is 13.6. The standard InChI is InChI=1S/C16H16N4O2S/c1-3-13-12(9-17)15(22)20-16(19-13)23-10(2)14(21)18-11-7-5-4-6-8-11/h4-8,10H,3H2,1-2H3,(H,18,21)(H,19,20,22)/t10-/m1/s1. The van der Waals surface area contributed by atoms with E-state index in [-0.39, 0.29) is 11.5 Å². The Morgan fingerprint density at radius 2 is 2.13 bits per heavy atom. The molecule has 2 N–H and O–H groups in total. The molecule has 118 valence electrons. The van der Waals surface area contributed by atoms with Crippen LogP contribution in [0, 0.1) is 11.3 Å². The van der Waals surface area contributed by atoms with Crippen molar-refractivity contribution in [3.05, 3.63) is 51.9 Å². The number of nitrogens with one attached hydrogen (secondary N) is 2. The summed E-state index contributed by atoms with van der Waals surface area (Å²) < 4.78 is 0. The Bertz CT molecular complexity index is 796. The summed E-state index contributed by atoms with van der Waals surface area (Å²) in [6.45, 7) is 3.55. The van der Waals surface area contributed by atoms with E-state index in [0.717, 1.165) is 11.8 Å². The SMILES string of the molecule is CCc1nc(S[C@H](C)C(=O)Nc2ccccc2)[nH]c(=O)c1C#N. The van der Waals surface area contributed by atoms with E-state index in [9.17, 15) is 9.59 Å². The maximum atomic E-state index is 12.2. The van der Waals surface area contributed by atoms with Crippen molar-refractivity contribution < 1.29 is 4.79 Å². The van der Waals surface area contributed by atoms with Crippen LogP contribution >= 0.6 is 11.8 Å². The Hall–Kier alpha value is -2.59. The number of para-hydroxylation sites is 1. The molecule has 0 fully saturated rings. The lowest BCUT2D eigenvalue weighted by Crippen LogP contribution is -2.24. The molecule has 0 unspecified atom stereocenters. The summed E-state index contributed by atoms with van der Waals surface area (Å²) in [6, 6.07) is 11.0. The van der Waals surface area contributed by atoms with Crippen molar-refractivity contribution in [2.75, 3.05) is 5.32 Å². The fraction of sp³-hybridized carbons (Fsp3) is 0.250. The number of nitriles is 1. The number of amides is 1. The van der Waals surface area contributed by atoms with E-state index >= 15 is 0 Å². The number of thioether (sulfide) groups is 1. The molecule has 0 spiro atoms. The van der Waals surface area contributed by atoms with Crippen LogP contribution in [0.1, 0.15) is 25.1 Å². The summed E-state index contributed by atoms with van der Waals surface area (Å²) in [4.78, 5) is 30.8. The number of hydrogen-bond donors (Lipinski definition) is 2. The van der Waals surface area contributed by atoms with Crippen LogP contribution in [-0.4, -0.2) is 21.1 Å². The van der Waals surface area contributed by atoms with Crippen LogP contribution in [0.3, 0.4) is 0 Å². The average molecular weight is 328 g/mol. The molecular weight excluding hydrogens is 312 g/mol. The quantitative estimate of drug-likeness (QED) is 0.648. The number of aromatic nitrogens is 2. The predicted molar refractivity (Wildman–Crippen MR) is 89.3 cm³/mol. The molecule has 6 nitrogen and oxygen atoms in total. The number of carbonyl (C=O) groups excluding carboxylic acids is 1. The third kappa shape index (κ3) is 4.20. The molecule has 1 atom stereocenters. The smallest absolute Gasteiger partial charge is 0.269 e. The second kappa shape index (κ2) is 7.61. The molecule has 7 heteroatoms. The van der Waals surface area contributed by atoms with Crippen LogP contribution in [0.15, 0.2) is 40.3 Å². The number of aromatic amines is 1. The third-order valence-corrected chi connectivity index (χ3v) is 4.10. The molecule has 23 heavy (non-hydrogen) atoms.